The number of nitrogens with zero attached hydrogens (tertiary/aromatic N) is 2. The Balaban J connectivity index is 0.00000103. The number of amides is 1. The Morgan fingerprint density at radius 2 is 1.94 bits per heavy atom. The number of carboxylic acid groups (broad SMARTS) is 1. The maximum atomic E-state index is 13.0. The number of carbonyl (C=O) groups excluding carboxylic acids is 1. The number of aliphatic hydroxyl groups is 1. The SMILES string of the molecule is CCc1cc(C(=O)N[C@]2(c3ccccc3)CCN(CC3COCCOC3)C[C@H]2O)no1.O=CO. The zero-order chi connectivity index (χ0) is 24.4. The van der Waals surface area contributed by atoms with Crippen LogP contribution in [0.4, 0.5) is 0 Å². The molecular weight excluding hydrogens is 442 g/mol. The molecule has 34 heavy (non-hydrogen) atoms. The lowest BCUT2D eigenvalue weighted by Gasteiger charge is -2.46. The lowest BCUT2D eigenvalue weighted by molar-refractivity contribution is -0.122. The number of rotatable bonds is 6. The van der Waals surface area contributed by atoms with Crippen LogP contribution in [0.15, 0.2) is 40.9 Å². The predicted octanol–water partition coefficient (Wildman–Crippen LogP) is 1.29. The van der Waals surface area contributed by atoms with Crippen molar-refractivity contribution >= 4 is 12.4 Å². The Morgan fingerprint density at radius 1 is 1.26 bits per heavy atom. The van der Waals surface area contributed by atoms with Crippen LogP contribution in [0.1, 0.15) is 35.2 Å². The lowest BCUT2D eigenvalue weighted by atomic mass is 9.78. The Bertz CT molecular complexity index is 899. The third-order valence-electron chi connectivity index (χ3n) is 6.18. The number of aromatic nitrogens is 1. The Hall–Kier alpha value is -2.79. The Morgan fingerprint density at radius 3 is 2.53 bits per heavy atom. The number of hydrogen-bond acceptors (Lipinski definition) is 8. The molecule has 3 N–H and O–H groups in total. The molecule has 3 heterocycles. The fourth-order valence-corrected chi connectivity index (χ4v) is 4.44. The molecule has 186 valence electrons. The van der Waals surface area contributed by atoms with Gasteiger partial charge in [0, 0.05) is 38.0 Å². The molecule has 0 aliphatic carbocycles. The minimum absolute atomic E-state index is 0.231. The van der Waals surface area contributed by atoms with Crippen molar-refractivity contribution in [3.05, 3.63) is 53.4 Å². The minimum Gasteiger partial charge on any atom is -0.483 e. The maximum Gasteiger partial charge on any atom is 0.290 e. The van der Waals surface area contributed by atoms with Crippen LogP contribution in [0, 0.1) is 5.92 Å². The molecule has 2 aromatic rings. The molecule has 1 amide bonds. The van der Waals surface area contributed by atoms with E-state index in [1.807, 2.05) is 37.3 Å². The highest BCUT2D eigenvalue weighted by atomic mass is 16.5. The van der Waals surface area contributed by atoms with Crippen LogP contribution < -0.4 is 5.32 Å². The van der Waals surface area contributed by atoms with E-state index in [1.54, 1.807) is 6.07 Å². The summed E-state index contributed by atoms with van der Waals surface area (Å²) >= 11 is 0. The van der Waals surface area contributed by atoms with Gasteiger partial charge in [0.1, 0.15) is 5.76 Å². The van der Waals surface area contributed by atoms with Crippen LogP contribution in [0.3, 0.4) is 0 Å². The van der Waals surface area contributed by atoms with Crippen molar-refractivity contribution in [1.82, 2.24) is 15.4 Å². The van der Waals surface area contributed by atoms with Crippen molar-refractivity contribution in [2.24, 2.45) is 5.92 Å². The number of nitrogens with one attached hydrogen (secondary N) is 1. The fraction of sp³-hybridized carbons (Fsp3) is 0.542. The van der Waals surface area contributed by atoms with Crippen molar-refractivity contribution in [1.29, 1.82) is 0 Å². The van der Waals surface area contributed by atoms with Gasteiger partial charge in [-0.05, 0) is 12.0 Å². The molecule has 1 aromatic carbocycles. The van der Waals surface area contributed by atoms with Gasteiger partial charge in [-0.25, -0.2) is 0 Å². The minimum atomic E-state index is -0.892. The van der Waals surface area contributed by atoms with E-state index in [1.165, 1.54) is 0 Å². The monoisotopic (exact) mass is 475 g/mol. The molecule has 0 radical (unpaired) electrons. The van der Waals surface area contributed by atoms with Crippen LogP contribution in [-0.2, 0) is 26.2 Å². The highest BCUT2D eigenvalue weighted by Crippen LogP contribution is 2.34. The Kier molecular flexibility index (Phi) is 9.58. The molecule has 2 aliphatic heterocycles. The van der Waals surface area contributed by atoms with Gasteiger partial charge in [0.05, 0.1) is 38.1 Å². The predicted molar refractivity (Wildman–Crippen MR) is 122 cm³/mol. The first-order valence-corrected chi connectivity index (χ1v) is 11.5. The van der Waals surface area contributed by atoms with Crippen LogP contribution in [0.25, 0.3) is 0 Å². The molecular formula is C24H33N3O7. The van der Waals surface area contributed by atoms with E-state index in [9.17, 15) is 9.90 Å². The first-order valence-electron chi connectivity index (χ1n) is 11.5. The van der Waals surface area contributed by atoms with Crippen LogP contribution in [0.2, 0.25) is 0 Å². The van der Waals surface area contributed by atoms with E-state index in [0.29, 0.717) is 51.6 Å². The second-order valence-electron chi connectivity index (χ2n) is 8.47. The second kappa shape index (κ2) is 12.6. The summed E-state index contributed by atoms with van der Waals surface area (Å²) in [6.07, 6.45) is 0.463. The topological polar surface area (TPSA) is 134 Å². The number of ether oxygens (including phenoxy) is 2. The zero-order valence-corrected chi connectivity index (χ0v) is 19.4. The summed E-state index contributed by atoms with van der Waals surface area (Å²) in [6, 6.07) is 11.3. The van der Waals surface area contributed by atoms with E-state index >= 15 is 0 Å². The summed E-state index contributed by atoms with van der Waals surface area (Å²) in [4.78, 5) is 23.6. The average Bonchev–Trinajstić information content (AvgIpc) is 3.20. The highest BCUT2D eigenvalue weighted by molar-refractivity contribution is 5.93. The number of carbonyl (C=O) groups is 2. The van der Waals surface area contributed by atoms with Gasteiger partial charge < -0.3 is 34.4 Å². The van der Waals surface area contributed by atoms with E-state index in [2.05, 4.69) is 15.4 Å². The number of aliphatic hydroxyl groups excluding tert-OH is 1. The molecule has 2 saturated heterocycles. The van der Waals surface area contributed by atoms with Gasteiger partial charge in [-0.15, -0.1) is 0 Å². The number of aryl methyl sites for hydroxylation is 1. The van der Waals surface area contributed by atoms with Crippen LogP contribution in [0.5, 0.6) is 0 Å². The largest absolute Gasteiger partial charge is 0.483 e. The van der Waals surface area contributed by atoms with Crippen molar-refractivity contribution in [3.8, 4) is 0 Å². The number of β-amino-alcohol motifs (C(OH)–C–C–N with tert-alkyl or cyclic N) is 1. The van der Waals surface area contributed by atoms with E-state index in [4.69, 9.17) is 23.9 Å². The highest BCUT2D eigenvalue weighted by Gasteiger charge is 2.45. The molecule has 0 spiro atoms. The van der Waals surface area contributed by atoms with Gasteiger partial charge in [-0.1, -0.05) is 42.4 Å². The smallest absolute Gasteiger partial charge is 0.290 e. The molecule has 0 saturated carbocycles. The third kappa shape index (κ3) is 6.41. The maximum absolute atomic E-state index is 13.0. The second-order valence-corrected chi connectivity index (χ2v) is 8.47. The van der Waals surface area contributed by atoms with Gasteiger partial charge in [-0.3, -0.25) is 9.59 Å². The number of benzene rings is 1. The first kappa shape index (κ1) is 25.8. The van der Waals surface area contributed by atoms with Crippen molar-refractivity contribution in [3.63, 3.8) is 0 Å². The van der Waals surface area contributed by atoms with Crippen LogP contribution in [-0.4, -0.2) is 84.8 Å². The molecule has 2 atom stereocenters. The first-order chi connectivity index (χ1) is 16.5. The lowest BCUT2D eigenvalue weighted by Crippen LogP contribution is -2.62. The fourth-order valence-electron chi connectivity index (χ4n) is 4.44. The summed E-state index contributed by atoms with van der Waals surface area (Å²) in [5.74, 6) is 0.587. The standard InChI is InChI=1S/C23H31N3O5.CH2O2/c1-2-19-12-20(25-31-19)22(28)24-23(18-6-4-3-5-7-18)8-9-26(14-21(23)27)13-17-15-29-10-11-30-16-17;2-1-3/h3-7,12,17,21,27H,2,8-11,13-16H2,1H3,(H,24,28);1H,(H,2,3)/t21-,23+;/m1./s1. The van der Waals surface area contributed by atoms with Crippen molar-refractivity contribution < 1.29 is 33.8 Å². The summed E-state index contributed by atoms with van der Waals surface area (Å²) < 4.78 is 16.4. The van der Waals surface area contributed by atoms with E-state index in [-0.39, 0.29) is 24.0 Å². The summed E-state index contributed by atoms with van der Waals surface area (Å²) in [7, 11) is 0. The average molecular weight is 476 g/mol. The Labute approximate surface area is 198 Å². The van der Waals surface area contributed by atoms with Crippen LogP contribution >= 0.6 is 0 Å². The molecule has 2 fully saturated rings. The van der Waals surface area contributed by atoms with E-state index in [0.717, 1.165) is 18.7 Å². The van der Waals surface area contributed by atoms with Gasteiger partial charge in [0.15, 0.2) is 5.69 Å². The quantitative estimate of drug-likeness (QED) is 0.528. The summed E-state index contributed by atoms with van der Waals surface area (Å²) in [6.45, 7) is 6.26. The van der Waals surface area contributed by atoms with Gasteiger partial charge >= 0.3 is 0 Å². The third-order valence-corrected chi connectivity index (χ3v) is 6.18. The van der Waals surface area contributed by atoms with Gasteiger partial charge in [0.2, 0.25) is 0 Å². The molecule has 0 unspecified atom stereocenters. The summed E-state index contributed by atoms with van der Waals surface area (Å²) in [5, 5.41) is 25.2. The number of piperidine rings is 1. The molecule has 1 aromatic heterocycles. The summed E-state index contributed by atoms with van der Waals surface area (Å²) in [5.41, 5.74) is 0.224. The van der Waals surface area contributed by atoms with E-state index < -0.39 is 11.6 Å². The van der Waals surface area contributed by atoms with Gasteiger partial charge in [0.25, 0.3) is 12.4 Å². The molecule has 10 nitrogen and oxygen atoms in total. The molecule has 0 bridgehead atoms. The molecule has 2 aliphatic rings. The van der Waals surface area contributed by atoms with Crippen molar-refractivity contribution in [2.45, 2.75) is 31.4 Å². The normalized spacial score (nSPS) is 23.9. The number of likely N-dealkylation sites (tertiary alicyclic amines) is 1. The zero-order valence-electron chi connectivity index (χ0n) is 19.4. The molecule has 10 heteroatoms. The van der Waals surface area contributed by atoms with Crippen molar-refractivity contribution in [2.75, 3.05) is 46.1 Å². The number of hydrogen-bond donors (Lipinski definition) is 3. The molecule has 4 rings (SSSR count). The van der Waals surface area contributed by atoms with Gasteiger partial charge in [-0.2, -0.15) is 0 Å².